The van der Waals surface area contributed by atoms with Crippen molar-refractivity contribution >= 4 is 5.97 Å². The topological polar surface area (TPSA) is 56.8 Å². The van der Waals surface area contributed by atoms with E-state index in [-0.39, 0.29) is 5.70 Å². The van der Waals surface area contributed by atoms with Gasteiger partial charge in [0.05, 0.1) is 7.11 Å². The van der Waals surface area contributed by atoms with Crippen LogP contribution in [0.3, 0.4) is 0 Å². The van der Waals surface area contributed by atoms with Crippen molar-refractivity contribution in [3.8, 4) is 11.5 Å². The molecule has 0 aliphatic carbocycles. The minimum atomic E-state index is -0.601. The average molecular weight is 313 g/mol. The zero-order valence-corrected chi connectivity index (χ0v) is 13.2. The summed E-state index contributed by atoms with van der Waals surface area (Å²) in [5, 5.41) is 0. The molecule has 2 aromatic rings. The van der Waals surface area contributed by atoms with Crippen LogP contribution in [0.25, 0.3) is 0 Å². The summed E-state index contributed by atoms with van der Waals surface area (Å²) in [5.41, 5.74) is 4.42. The molecule has 23 heavy (non-hydrogen) atoms. The Balaban J connectivity index is 1.91. The van der Waals surface area contributed by atoms with Crippen LogP contribution in [0.5, 0.6) is 11.5 Å². The Morgan fingerprint density at radius 2 is 1.83 bits per heavy atom. The summed E-state index contributed by atoms with van der Waals surface area (Å²) in [4.78, 5) is 16.2. The van der Waals surface area contributed by atoms with Gasteiger partial charge in [0.1, 0.15) is 23.8 Å². The second kappa shape index (κ2) is 8.00. The molecule has 5 nitrogen and oxygen atoms in total. The summed E-state index contributed by atoms with van der Waals surface area (Å²) in [6.07, 6.45) is 0. The van der Waals surface area contributed by atoms with Gasteiger partial charge in [0.15, 0.2) is 0 Å². The van der Waals surface area contributed by atoms with Crippen LogP contribution in [0.2, 0.25) is 0 Å². The number of hydrogen-bond donors (Lipinski definition) is 1. The Morgan fingerprint density at radius 3 is 2.48 bits per heavy atom. The summed E-state index contributed by atoms with van der Waals surface area (Å²) in [5.74, 6) is 0.675. The summed E-state index contributed by atoms with van der Waals surface area (Å²) in [6, 6.07) is 14.9. The molecule has 0 heterocycles. The molecule has 0 radical (unpaired) electrons. The molecule has 0 spiro atoms. The van der Waals surface area contributed by atoms with E-state index in [1.165, 1.54) is 7.11 Å². The van der Waals surface area contributed by atoms with E-state index in [0.29, 0.717) is 12.4 Å². The Bertz CT molecular complexity index is 680. The molecule has 2 aromatic carbocycles. The van der Waals surface area contributed by atoms with Crippen molar-refractivity contribution in [2.45, 2.75) is 13.5 Å². The Labute approximate surface area is 135 Å². The largest absolute Gasteiger partial charge is 0.489 e. The first kappa shape index (κ1) is 16.6. The number of hydrogen-bond acceptors (Lipinski definition) is 5. The van der Waals surface area contributed by atoms with Crippen molar-refractivity contribution in [1.29, 1.82) is 0 Å². The van der Waals surface area contributed by atoms with Crippen LogP contribution in [0.4, 0.5) is 0 Å². The predicted molar refractivity (Wildman–Crippen MR) is 86.9 cm³/mol. The van der Waals surface area contributed by atoms with Crippen molar-refractivity contribution < 1.29 is 19.1 Å². The molecule has 0 aromatic heterocycles. The van der Waals surface area contributed by atoms with E-state index < -0.39 is 5.97 Å². The van der Waals surface area contributed by atoms with E-state index in [2.05, 4.69) is 16.9 Å². The van der Waals surface area contributed by atoms with Crippen molar-refractivity contribution in [3.63, 3.8) is 0 Å². The number of carbonyl (C=O) groups excluding carboxylic acids is 1. The van der Waals surface area contributed by atoms with Gasteiger partial charge in [0.2, 0.25) is 0 Å². The summed E-state index contributed by atoms with van der Waals surface area (Å²) in [6.45, 7) is 5.94. The van der Waals surface area contributed by atoms with Gasteiger partial charge in [0, 0.05) is 0 Å². The second-order valence-electron chi connectivity index (χ2n) is 4.87. The SMILES string of the molecule is C=C(NOC)C(=O)Oc1ccc(COc2ccccc2C)cc1. The number of aryl methyl sites for hydroxylation is 1. The maximum Gasteiger partial charge on any atom is 0.361 e. The highest BCUT2D eigenvalue weighted by Crippen LogP contribution is 2.19. The van der Waals surface area contributed by atoms with Crippen LogP contribution in [0.1, 0.15) is 11.1 Å². The molecule has 0 fully saturated rings. The summed E-state index contributed by atoms with van der Waals surface area (Å²) >= 11 is 0. The number of rotatable bonds is 7. The maximum absolute atomic E-state index is 11.6. The quantitative estimate of drug-likeness (QED) is 0.368. The van der Waals surface area contributed by atoms with Crippen LogP contribution < -0.4 is 15.0 Å². The van der Waals surface area contributed by atoms with E-state index in [1.807, 2.05) is 43.3 Å². The van der Waals surface area contributed by atoms with Gasteiger partial charge in [-0.1, -0.05) is 36.9 Å². The predicted octanol–water partition coefficient (Wildman–Crippen LogP) is 3.14. The first-order chi connectivity index (χ1) is 11.1. The maximum atomic E-state index is 11.6. The molecular formula is C18H19NO4. The molecule has 2 rings (SSSR count). The van der Waals surface area contributed by atoms with Crippen LogP contribution in [0, 0.1) is 6.92 Å². The normalized spacial score (nSPS) is 10.0. The lowest BCUT2D eigenvalue weighted by molar-refractivity contribution is -0.131. The molecule has 0 aliphatic rings. The Morgan fingerprint density at radius 1 is 1.13 bits per heavy atom. The second-order valence-corrected chi connectivity index (χ2v) is 4.87. The van der Waals surface area contributed by atoms with E-state index >= 15 is 0 Å². The van der Waals surface area contributed by atoms with Gasteiger partial charge in [-0.05, 0) is 36.2 Å². The lowest BCUT2D eigenvalue weighted by Crippen LogP contribution is -2.22. The first-order valence-corrected chi connectivity index (χ1v) is 7.07. The Hall–Kier alpha value is -2.79. The number of ether oxygens (including phenoxy) is 2. The van der Waals surface area contributed by atoms with Crippen LogP contribution >= 0.6 is 0 Å². The van der Waals surface area contributed by atoms with Gasteiger partial charge in [-0.3, -0.25) is 10.3 Å². The lowest BCUT2D eigenvalue weighted by Gasteiger charge is -2.10. The van der Waals surface area contributed by atoms with Crippen molar-refractivity contribution in [2.24, 2.45) is 0 Å². The third-order valence-electron chi connectivity index (χ3n) is 3.09. The van der Waals surface area contributed by atoms with Crippen molar-refractivity contribution in [1.82, 2.24) is 5.48 Å². The third-order valence-corrected chi connectivity index (χ3v) is 3.09. The molecule has 1 N–H and O–H groups in total. The van der Waals surface area contributed by atoms with Crippen LogP contribution in [0.15, 0.2) is 60.8 Å². The number of para-hydroxylation sites is 1. The Kier molecular flexibility index (Phi) is 5.77. The molecule has 5 heteroatoms. The zero-order valence-electron chi connectivity index (χ0n) is 13.2. The highest BCUT2D eigenvalue weighted by Gasteiger charge is 2.09. The lowest BCUT2D eigenvalue weighted by atomic mass is 10.2. The molecular weight excluding hydrogens is 294 g/mol. The zero-order chi connectivity index (χ0) is 16.7. The van der Waals surface area contributed by atoms with Gasteiger partial charge in [-0.25, -0.2) is 4.79 Å². The van der Waals surface area contributed by atoms with Gasteiger partial charge in [-0.15, -0.1) is 0 Å². The molecule has 0 saturated heterocycles. The van der Waals surface area contributed by atoms with E-state index in [9.17, 15) is 4.79 Å². The average Bonchev–Trinajstić information content (AvgIpc) is 2.55. The molecule has 120 valence electrons. The van der Waals surface area contributed by atoms with Gasteiger partial charge in [0.25, 0.3) is 0 Å². The fourth-order valence-electron chi connectivity index (χ4n) is 1.87. The van der Waals surface area contributed by atoms with Gasteiger partial charge < -0.3 is 9.47 Å². The van der Waals surface area contributed by atoms with E-state index in [1.54, 1.807) is 12.1 Å². The first-order valence-electron chi connectivity index (χ1n) is 7.07. The summed E-state index contributed by atoms with van der Waals surface area (Å²) in [7, 11) is 1.39. The fourth-order valence-corrected chi connectivity index (χ4v) is 1.87. The number of esters is 1. The van der Waals surface area contributed by atoms with E-state index in [0.717, 1.165) is 16.9 Å². The highest BCUT2D eigenvalue weighted by atomic mass is 16.6. The van der Waals surface area contributed by atoms with Gasteiger partial charge in [-0.2, -0.15) is 0 Å². The number of hydroxylamine groups is 1. The number of benzene rings is 2. The van der Waals surface area contributed by atoms with E-state index in [4.69, 9.17) is 9.47 Å². The van der Waals surface area contributed by atoms with Gasteiger partial charge >= 0.3 is 5.97 Å². The third kappa shape index (κ3) is 4.86. The minimum Gasteiger partial charge on any atom is -0.489 e. The van der Waals surface area contributed by atoms with Crippen LogP contribution in [-0.2, 0) is 16.2 Å². The molecule has 0 atom stereocenters. The van der Waals surface area contributed by atoms with Crippen molar-refractivity contribution in [2.75, 3.05) is 7.11 Å². The van der Waals surface area contributed by atoms with Crippen LogP contribution in [-0.4, -0.2) is 13.1 Å². The van der Waals surface area contributed by atoms with Crippen molar-refractivity contribution in [3.05, 3.63) is 71.9 Å². The fraction of sp³-hybridized carbons (Fsp3) is 0.167. The highest BCUT2D eigenvalue weighted by molar-refractivity contribution is 5.88. The summed E-state index contributed by atoms with van der Waals surface area (Å²) < 4.78 is 10.9. The molecule has 0 saturated carbocycles. The molecule has 0 aliphatic heterocycles. The standard InChI is InChI=1S/C18H19NO4/c1-13-6-4-5-7-17(13)22-12-15-8-10-16(11-9-15)23-18(20)14(2)19-21-3/h4-11,19H,2,12H2,1,3H3. The number of carbonyl (C=O) groups is 1. The smallest absolute Gasteiger partial charge is 0.361 e. The minimum absolute atomic E-state index is 0.0273. The monoisotopic (exact) mass is 313 g/mol. The molecule has 0 bridgehead atoms. The molecule has 0 amide bonds. The molecule has 0 unspecified atom stereocenters. The number of nitrogens with one attached hydrogen (secondary N) is 1.